The summed E-state index contributed by atoms with van der Waals surface area (Å²) in [6.07, 6.45) is 1.65. The zero-order valence-electron chi connectivity index (χ0n) is 21.2. The fraction of sp³-hybridized carbons (Fsp3) is 0.310. The van der Waals surface area contributed by atoms with Gasteiger partial charge in [0.05, 0.1) is 11.9 Å². The molecule has 1 unspecified atom stereocenters. The average Bonchev–Trinajstić information content (AvgIpc) is 3.27. The van der Waals surface area contributed by atoms with Gasteiger partial charge in [-0.05, 0) is 65.6 Å². The summed E-state index contributed by atoms with van der Waals surface area (Å²) >= 11 is 0. The Hall–Kier alpha value is -4.40. The number of benzene rings is 3. The van der Waals surface area contributed by atoms with Crippen LogP contribution in [0.2, 0.25) is 0 Å². The molecular formula is C29H31N5O4. The Bertz CT molecular complexity index is 1440. The van der Waals surface area contributed by atoms with Crippen molar-refractivity contribution in [1.82, 2.24) is 4.90 Å². The number of nitrogen functional groups attached to an aromatic ring is 1. The first-order valence-corrected chi connectivity index (χ1v) is 12.7. The number of rotatable bonds is 6. The van der Waals surface area contributed by atoms with Crippen molar-refractivity contribution in [3.05, 3.63) is 71.3 Å². The van der Waals surface area contributed by atoms with E-state index in [2.05, 4.69) is 0 Å². The molecule has 0 saturated carbocycles. The van der Waals surface area contributed by atoms with E-state index in [-0.39, 0.29) is 18.0 Å². The van der Waals surface area contributed by atoms with Crippen LogP contribution in [-0.4, -0.2) is 52.7 Å². The number of likely N-dealkylation sites (tertiary alicyclic amines) is 1. The normalized spacial score (nSPS) is 17.3. The number of nitrogens with one attached hydrogen (secondary N) is 2. The van der Waals surface area contributed by atoms with Gasteiger partial charge in [-0.2, -0.15) is 0 Å². The minimum Gasteiger partial charge on any atom is -0.490 e. The predicted molar refractivity (Wildman–Crippen MR) is 146 cm³/mol. The molecule has 5 rings (SSSR count). The van der Waals surface area contributed by atoms with Crippen molar-refractivity contribution in [2.75, 3.05) is 18.0 Å². The first kappa shape index (κ1) is 25.3. The van der Waals surface area contributed by atoms with Crippen LogP contribution in [-0.2, 0) is 16.0 Å². The van der Waals surface area contributed by atoms with E-state index in [1.165, 1.54) is 0 Å². The van der Waals surface area contributed by atoms with Crippen molar-refractivity contribution in [2.45, 2.75) is 44.8 Å². The molecule has 2 heterocycles. The van der Waals surface area contributed by atoms with E-state index in [0.29, 0.717) is 23.5 Å². The SMILES string of the molecule is CC(=N)N1CCC(Oc2ccc3c(c2)CC(c2ccc4ccc(C(=N)N)cc4c2)N3C(=O)CC(=O)O)CC1. The van der Waals surface area contributed by atoms with Crippen LogP contribution < -0.4 is 15.4 Å². The molecule has 1 amide bonds. The van der Waals surface area contributed by atoms with Gasteiger partial charge in [0.1, 0.15) is 24.1 Å². The van der Waals surface area contributed by atoms with Crippen molar-refractivity contribution in [1.29, 1.82) is 10.8 Å². The van der Waals surface area contributed by atoms with Gasteiger partial charge in [-0.15, -0.1) is 0 Å². The first-order valence-electron chi connectivity index (χ1n) is 12.7. The van der Waals surface area contributed by atoms with Crippen molar-refractivity contribution >= 4 is 40.0 Å². The average molecular weight is 514 g/mol. The molecule has 1 atom stereocenters. The van der Waals surface area contributed by atoms with Crippen LogP contribution >= 0.6 is 0 Å². The molecule has 2 aliphatic heterocycles. The molecule has 3 aromatic rings. The van der Waals surface area contributed by atoms with Crippen LogP contribution in [0.1, 0.15) is 48.9 Å². The van der Waals surface area contributed by atoms with Gasteiger partial charge in [0.15, 0.2) is 0 Å². The molecule has 196 valence electrons. The third-order valence-electron chi connectivity index (χ3n) is 7.39. The molecule has 9 nitrogen and oxygen atoms in total. The number of carbonyl (C=O) groups is 2. The molecule has 2 aliphatic rings. The molecular weight excluding hydrogens is 482 g/mol. The predicted octanol–water partition coefficient (Wildman–Crippen LogP) is 4.07. The van der Waals surface area contributed by atoms with Crippen molar-refractivity contribution in [3.8, 4) is 5.75 Å². The summed E-state index contributed by atoms with van der Waals surface area (Å²) in [6, 6.07) is 16.8. The third kappa shape index (κ3) is 5.04. The Morgan fingerprint density at radius 1 is 1.03 bits per heavy atom. The number of hydrogen-bond donors (Lipinski definition) is 4. The Kier molecular flexibility index (Phi) is 6.75. The zero-order chi connectivity index (χ0) is 27.0. The Balaban J connectivity index is 1.44. The Morgan fingerprint density at radius 3 is 2.45 bits per heavy atom. The van der Waals surface area contributed by atoms with E-state index in [1.807, 2.05) is 53.4 Å². The van der Waals surface area contributed by atoms with E-state index >= 15 is 0 Å². The number of anilines is 1. The van der Waals surface area contributed by atoms with Crippen molar-refractivity contribution < 1.29 is 19.4 Å². The quantitative estimate of drug-likeness (QED) is 0.222. The molecule has 0 aromatic heterocycles. The number of carboxylic acid groups (broad SMARTS) is 1. The molecule has 9 heteroatoms. The number of carbonyl (C=O) groups excluding carboxylic acids is 1. The minimum atomic E-state index is -1.17. The third-order valence-corrected chi connectivity index (χ3v) is 7.39. The van der Waals surface area contributed by atoms with E-state index < -0.39 is 18.3 Å². The summed E-state index contributed by atoms with van der Waals surface area (Å²) < 4.78 is 6.28. The van der Waals surface area contributed by atoms with Crippen LogP contribution in [0.5, 0.6) is 5.75 Å². The van der Waals surface area contributed by atoms with Crippen LogP contribution in [0.3, 0.4) is 0 Å². The molecule has 3 aromatic carbocycles. The van der Waals surface area contributed by atoms with Crippen LogP contribution in [0.15, 0.2) is 54.6 Å². The second-order valence-electron chi connectivity index (χ2n) is 9.97. The van der Waals surface area contributed by atoms with Gasteiger partial charge in [0, 0.05) is 37.2 Å². The number of amidine groups is 2. The number of ether oxygens (including phenoxy) is 1. The maximum Gasteiger partial charge on any atom is 0.312 e. The summed E-state index contributed by atoms with van der Waals surface area (Å²) in [4.78, 5) is 28.2. The number of carboxylic acids is 1. The lowest BCUT2D eigenvalue weighted by atomic mass is 9.97. The monoisotopic (exact) mass is 513 g/mol. The largest absolute Gasteiger partial charge is 0.490 e. The lowest BCUT2D eigenvalue weighted by Crippen LogP contribution is -2.40. The number of nitrogens with two attached hydrogens (primary N) is 1. The van der Waals surface area contributed by atoms with Gasteiger partial charge in [0.2, 0.25) is 5.91 Å². The van der Waals surface area contributed by atoms with Crippen LogP contribution in [0.4, 0.5) is 5.69 Å². The fourth-order valence-corrected chi connectivity index (χ4v) is 5.43. The van der Waals surface area contributed by atoms with Crippen molar-refractivity contribution in [3.63, 3.8) is 0 Å². The summed E-state index contributed by atoms with van der Waals surface area (Å²) in [6.45, 7) is 3.38. The molecule has 0 spiro atoms. The fourth-order valence-electron chi connectivity index (χ4n) is 5.43. The topological polar surface area (TPSA) is 144 Å². The first-order chi connectivity index (χ1) is 18.2. The van der Waals surface area contributed by atoms with Crippen molar-refractivity contribution in [2.24, 2.45) is 5.73 Å². The summed E-state index contributed by atoms with van der Waals surface area (Å²) in [5.41, 5.74) is 8.80. The lowest BCUT2D eigenvalue weighted by molar-refractivity contribution is -0.140. The zero-order valence-corrected chi connectivity index (χ0v) is 21.2. The maximum absolute atomic E-state index is 13.1. The molecule has 0 aliphatic carbocycles. The highest BCUT2D eigenvalue weighted by Gasteiger charge is 2.36. The van der Waals surface area contributed by atoms with E-state index in [1.54, 1.807) is 17.9 Å². The maximum atomic E-state index is 13.1. The summed E-state index contributed by atoms with van der Waals surface area (Å²) in [5.74, 6) is -0.357. The highest BCUT2D eigenvalue weighted by atomic mass is 16.5. The van der Waals surface area contributed by atoms with Gasteiger partial charge < -0.3 is 25.4 Å². The number of piperidine rings is 1. The molecule has 0 radical (unpaired) electrons. The number of fused-ring (bicyclic) bond motifs is 2. The van der Waals surface area contributed by atoms with Gasteiger partial charge >= 0.3 is 5.97 Å². The second kappa shape index (κ2) is 10.2. The molecule has 0 bridgehead atoms. The van der Waals surface area contributed by atoms with Gasteiger partial charge in [0.25, 0.3) is 0 Å². The van der Waals surface area contributed by atoms with Crippen LogP contribution in [0, 0.1) is 10.8 Å². The number of aliphatic carboxylic acids is 1. The molecule has 5 N–H and O–H groups in total. The molecule has 1 saturated heterocycles. The highest BCUT2D eigenvalue weighted by Crippen LogP contribution is 2.43. The van der Waals surface area contributed by atoms with Gasteiger partial charge in [-0.3, -0.25) is 20.4 Å². The van der Waals surface area contributed by atoms with Gasteiger partial charge in [-0.25, -0.2) is 0 Å². The van der Waals surface area contributed by atoms with E-state index in [9.17, 15) is 14.7 Å². The van der Waals surface area contributed by atoms with Crippen LogP contribution in [0.25, 0.3) is 10.8 Å². The molecule has 38 heavy (non-hydrogen) atoms. The highest BCUT2D eigenvalue weighted by molar-refractivity contribution is 6.05. The Labute approximate surface area is 220 Å². The van der Waals surface area contributed by atoms with E-state index in [4.69, 9.17) is 21.3 Å². The van der Waals surface area contributed by atoms with Gasteiger partial charge in [-0.1, -0.05) is 24.3 Å². The number of hydrogen-bond acceptors (Lipinski definition) is 5. The molecule has 1 fully saturated rings. The minimum absolute atomic E-state index is 0.0185. The second-order valence-corrected chi connectivity index (χ2v) is 9.97. The number of nitrogens with zero attached hydrogens (tertiary/aromatic N) is 2. The number of amides is 1. The smallest absolute Gasteiger partial charge is 0.312 e. The summed E-state index contributed by atoms with van der Waals surface area (Å²) in [5, 5.41) is 26.8. The van der Waals surface area contributed by atoms with E-state index in [0.717, 1.165) is 53.6 Å². The standard InChI is InChI=1S/C29H31N5O4/c1-17(30)33-10-8-23(9-11-33)38-24-6-7-25-22(14-24)15-26(34(25)27(35)16-28(36)37)19-4-2-18-3-5-20(29(31)32)13-21(18)12-19/h2-7,12-14,23,26,30H,8-11,15-16H2,1H3,(H3,31,32)(H,36,37). The summed E-state index contributed by atoms with van der Waals surface area (Å²) in [7, 11) is 0. The lowest BCUT2D eigenvalue weighted by Gasteiger charge is -2.32. The Morgan fingerprint density at radius 2 is 1.76 bits per heavy atom.